The number of aliphatic hydroxyl groups excluding tert-OH is 1. The van der Waals surface area contributed by atoms with Crippen LogP contribution in [0.5, 0.6) is 23.0 Å². The quantitative estimate of drug-likeness (QED) is 0.571. The lowest BCUT2D eigenvalue weighted by Crippen LogP contribution is -2.36. The van der Waals surface area contributed by atoms with E-state index in [1.165, 1.54) is 6.07 Å². The van der Waals surface area contributed by atoms with Gasteiger partial charge in [-0.1, -0.05) is 30.3 Å². The topological polar surface area (TPSA) is 79.2 Å². The summed E-state index contributed by atoms with van der Waals surface area (Å²) in [7, 11) is 1.55. The van der Waals surface area contributed by atoms with Crippen LogP contribution in [0.3, 0.4) is 0 Å². The first-order valence-corrected chi connectivity index (χ1v) is 9.79. The number of ether oxygens (including phenoxy) is 2. The molecule has 5 heteroatoms. The van der Waals surface area contributed by atoms with Crippen molar-refractivity contribution >= 4 is 0 Å². The van der Waals surface area contributed by atoms with Crippen LogP contribution in [0.1, 0.15) is 52.7 Å². The Hall–Kier alpha value is -3.18. The molecular weight excluding hydrogens is 368 g/mol. The minimum absolute atomic E-state index is 0.0167. The molecule has 0 unspecified atom stereocenters. The molecule has 29 heavy (non-hydrogen) atoms. The highest BCUT2D eigenvalue weighted by Gasteiger charge is 2.51. The molecule has 0 saturated carbocycles. The Labute approximate surface area is 167 Å². The number of aromatic hydroxyl groups is 2. The van der Waals surface area contributed by atoms with Crippen molar-refractivity contribution in [2.45, 2.75) is 30.5 Å². The van der Waals surface area contributed by atoms with Gasteiger partial charge in [0.2, 0.25) is 0 Å². The number of benzene rings is 3. The highest BCUT2D eigenvalue weighted by Crippen LogP contribution is 2.66. The molecule has 3 aromatic carbocycles. The second-order valence-corrected chi connectivity index (χ2v) is 8.00. The number of methoxy groups -OCH3 is 1. The highest BCUT2D eigenvalue weighted by molar-refractivity contribution is 5.87. The molecule has 0 spiro atoms. The van der Waals surface area contributed by atoms with Crippen molar-refractivity contribution in [3.8, 4) is 34.1 Å². The summed E-state index contributed by atoms with van der Waals surface area (Å²) < 4.78 is 12.1. The van der Waals surface area contributed by atoms with Gasteiger partial charge in [0.25, 0.3) is 0 Å². The smallest absolute Gasteiger partial charge is 0.132 e. The first kappa shape index (κ1) is 16.7. The minimum atomic E-state index is -0.810. The number of phenolic OH excluding ortho intramolecular Hbond substituents is 2. The van der Waals surface area contributed by atoms with Crippen molar-refractivity contribution in [2.24, 2.45) is 0 Å². The molecule has 0 bridgehead atoms. The molecule has 146 valence electrons. The maximum absolute atomic E-state index is 11.0. The third-order valence-electron chi connectivity index (χ3n) is 6.68. The zero-order chi connectivity index (χ0) is 19.9. The van der Waals surface area contributed by atoms with Crippen LogP contribution in [0.25, 0.3) is 11.1 Å². The normalized spacial score (nSPS) is 25.3. The third kappa shape index (κ3) is 2.03. The van der Waals surface area contributed by atoms with E-state index in [9.17, 15) is 15.3 Å². The maximum Gasteiger partial charge on any atom is 0.132 e. The van der Waals surface area contributed by atoms with E-state index in [0.717, 1.165) is 28.0 Å². The SMILES string of the molecule is COc1cc(O)c2c3c1-c1c(O)cccc1[C@@H]1Oc4ccccc4[C@@H](C[C@H]2O)[C@@H]31. The number of phenols is 2. The van der Waals surface area contributed by atoms with Gasteiger partial charge in [-0.25, -0.2) is 0 Å². The molecule has 6 rings (SSSR count). The fourth-order valence-electron chi connectivity index (χ4n) is 5.61. The maximum atomic E-state index is 11.0. The Morgan fingerprint density at radius 2 is 1.72 bits per heavy atom. The standard InChI is InChI=1S/C24H20O5/c1-28-18-10-16(27)21-15(26)9-13-11-5-2-3-8-17(11)29-24-12-6-4-7-14(25)19(12)22(18)23(21)20(13)24/h2-8,10,13,15,20,24-27H,9H2,1H3/t13-,15-,20+,24+/m1/s1. The summed E-state index contributed by atoms with van der Waals surface area (Å²) >= 11 is 0. The fourth-order valence-corrected chi connectivity index (χ4v) is 5.61. The Balaban J connectivity index is 1.77. The van der Waals surface area contributed by atoms with Crippen LogP contribution in [0, 0.1) is 0 Å². The fraction of sp³-hybridized carbons (Fsp3) is 0.250. The molecule has 0 saturated heterocycles. The van der Waals surface area contributed by atoms with E-state index in [0.29, 0.717) is 23.3 Å². The lowest BCUT2D eigenvalue weighted by atomic mass is 9.61. The summed E-state index contributed by atoms with van der Waals surface area (Å²) in [6.45, 7) is 0. The Bertz CT molecular complexity index is 1170. The summed E-state index contributed by atoms with van der Waals surface area (Å²) in [5.74, 6) is 1.38. The number of para-hydroxylation sites is 1. The zero-order valence-corrected chi connectivity index (χ0v) is 15.8. The number of fused-ring (bicyclic) bond motifs is 5. The summed E-state index contributed by atoms with van der Waals surface area (Å²) in [5.41, 5.74) is 4.68. The summed E-state index contributed by atoms with van der Waals surface area (Å²) in [5, 5.41) is 32.5. The van der Waals surface area contributed by atoms with E-state index in [1.807, 2.05) is 36.4 Å². The van der Waals surface area contributed by atoms with Crippen molar-refractivity contribution in [1.82, 2.24) is 0 Å². The molecule has 4 atom stereocenters. The van der Waals surface area contributed by atoms with Crippen molar-refractivity contribution in [2.75, 3.05) is 7.11 Å². The van der Waals surface area contributed by atoms with E-state index in [1.54, 1.807) is 13.2 Å². The summed E-state index contributed by atoms with van der Waals surface area (Å²) in [6, 6.07) is 14.9. The average molecular weight is 388 g/mol. The van der Waals surface area contributed by atoms with Crippen LogP contribution in [0.15, 0.2) is 48.5 Å². The molecule has 0 fully saturated rings. The predicted molar refractivity (Wildman–Crippen MR) is 107 cm³/mol. The molecule has 0 aromatic heterocycles. The zero-order valence-electron chi connectivity index (χ0n) is 15.8. The molecule has 1 heterocycles. The molecule has 3 N–H and O–H groups in total. The van der Waals surface area contributed by atoms with Gasteiger partial charge >= 0.3 is 0 Å². The van der Waals surface area contributed by atoms with Crippen LogP contribution >= 0.6 is 0 Å². The van der Waals surface area contributed by atoms with E-state index in [-0.39, 0.29) is 29.4 Å². The average Bonchev–Trinajstić information content (AvgIpc) is 2.73. The van der Waals surface area contributed by atoms with E-state index < -0.39 is 6.10 Å². The van der Waals surface area contributed by atoms with Gasteiger partial charge in [0.1, 0.15) is 29.1 Å². The van der Waals surface area contributed by atoms with Crippen molar-refractivity contribution in [3.63, 3.8) is 0 Å². The monoisotopic (exact) mass is 388 g/mol. The van der Waals surface area contributed by atoms with Gasteiger partial charge in [0, 0.05) is 40.2 Å². The molecule has 2 aliphatic carbocycles. The molecule has 3 aromatic rings. The molecule has 5 nitrogen and oxygen atoms in total. The van der Waals surface area contributed by atoms with Crippen LogP contribution in [0.2, 0.25) is 0 Å². The Morgan fingerprint density at radius 3 is 2.55 bits per heavy atom. The van der Waals surface area contributed by atoms with Gasteiger partial charge in [-0.15, -0.1) is 0 Å². The van der Waals surface area contributed by atoms with Crippen LogP contribution in [0.4, 0.5) is 0 Å². The van der Waals surface area contributed by atoms with Gasteiger partial charge in [0.15, 0.2) is 0 Å². The highest BCUT2D eigenvalue weighted by atomic mass is 16.5. The van der Waals surface area contributed by atoms with Gasteiger partial charge < -0.3 is 24.8 Å². The van der Waals surface area contributed by atoms with Crippen LogP contribution < -0.4 is 9.47 Å². The first-order chi connectivity index (χ1) is 14.1. The van der Waals surface area contributed by atoms with Gasteiger partial charge in [-0.3, -0.25) is 0 Å². The number of hydrogen-bond donors (Lipinski definition) is 3. The third-order valence-corrected chi connectivity index (χ3v) is 6.68. The van der Waals surface area contributed by atoms with Crippen LogP contribution in [-0.2, 0) is 0 Å². The van der Waals surface area contributed by atoms with E-state index in [2.05, 4.69) is 0 Å². The Morgan fingerprint density at radius 1 is 0.931 bits per heavy atom. The van der Waals surface area contributed by atoms with Crippen LogP contribution in [-0.4, -0.2) is 22.4 Å². The lowest BCUT2D eigenvalue weighted by molar-refractivity contribution is 0.0783. The molecule has 0 radical (unpaired) electrons. The lowest BCUT2D eigenvalue weighted by Gasteiger charge is -2.48. The minimum Gasteiger partial charge on any atom is -0.507 e. The van der Waals surface area contributed by atoms with Crippen molar-refractivity contribution in [3.05, 3.63) is 70.8 Å². The number of hydrogen-bond acceptors (Lipinski definition) is 5. The summed E-state index contributed by atoms with van der Waals surface area (Å²) in [6.07, 6.45) is -0.625. The first-order valence-electron chi connectivity index (χ1n) is 9.79. The summed E-state index contributed by atoms with van der Waals surface area (Å²) in [4.78, 5) is 0. The van der Waals surface area contributed by atoms with E-state index in [4.69, 9.17) is 9.47 Å². The number of aliphatic hydroxyl groups is 1. The van der Waals surface area contributed by atoms with Gasteiger partial charge in [0.05, 0.1) is 13.2 Å². The molecule has 0 amide bonds. The second-order valence-electron chi connectivity index (χ2n) is 8.00. The molecule has 1 aliphatic heterocycles. The van der Waals surface area contributed by atoms with E-state index >= 15 is 0 Å². The van der Waals surface area contributed by atoms with Gasteiger partial charge in [-0.05, 0) is 29.7 Å². The predicted octanol–water partition coefficient (Wildman–Crippen LogP) is 4.53. The second kappa shape index (κ2) is 5.67. The van der Waals surface area contributed by atoms with Crippen molar-refractivity contribution < 1.29 is 24.8 Å². The number of rotatable bonds is 1. The van der Waals surface area contributed by atoms with Gasteiger partial charge in [-0.2, -0.15) is 0 Å². The van der Waals surface area contributed by atoms with Crippen molar-refractivity contribution in [1.29, 1.82) is 0 Å². The molecule has 3 aliphatic rings. The molecular formula is C24H20O5. The largest absolute Gasteiger partial charge is 0.507 e. The Kier molecular flexibility index (Phi) is 3.28.